The number of rotatable bonds is 6. The fraction of sp³-hybridized carbons (Fsp3) is 0.174. The lowest BCUT2D eigenvalue weighted by atomic mass is 10.2. The molecule has 4 rings (SSSR count). The Morgan fingerprint density at radius 3 is 2.69 bits per heavy atom. The van der Waals surface area contributed by atoms with Crippen LogP contribution in [0.15, 0.2) is 73.1 Å². The van der Waals surface area contributed by atoms with E-state index in [1.54, 1.807) is 31.3 Å². The first-order valence-corrected chi connectivity index (χ1v) is 9.38. The summed E-state index contributed by atoms with van der Waals surface area (Å²) < 4.78 is 7.11. The third kappa shape index (κ3) is 4.27. The first-order chi connectivity index (χ1) is 14.1. The van der Waals surface area contributed by atoms with E-state index in [0.29, 0.717) is 18.8 Å². The lowest BCUT2D eigenvalue weighted by molar-refractivity contribution is 0.0779. The van der Waals surface area contributed by atoms with Crippen molar-refractivity contribution in [2.45, 2.75) is 13.1 Å². The third-order valence-electron chi connectivity index (χ3n) is 4.76. The van der Waals surface area contributed by atoms with Crippen LogP contribution in [0.25, 0.3) is 10.9 Å². The van der Waals surface area contributed by atoms with Gasteiger partial charge in [0.2, 0.25) is 0 Å². The monoisotopic (exact) mass is 386 g/mol. The number of hydrogen-bond acceptors (Lipinski definition) is 4. The molecule has 0 saturated carbocycles. The average Bonchev–Trinajstić information content (AvgIpc) is 3.19. The molecule has 146 valence electrons. The molecule has 0 radical (unpaired) electrons. The van der Waals surface area contributed by atoms with Crippen LogP contribution in [-0.2, 0) is 13.1 Å². The zero-order valence-electron chi connectivity index (χ0n) is 16.4. The van der Waals surface area contributed by atoms with Crippen LogP contribution >= 0.6 is 0 Å². The molecule has 0 fully saturated rings. The fourth-order valence-electron chi connectivity index (χ4n) is 3.24. The minimum absolute atomic E-state index is 0.126. The summed E-state index contributed by atoms with van der Waals surface area (Å²) in [6, 6.07) is 19.4. The van der Waals surface area contributed by atoms with Gasteiger partial charge in [0.15, 0.2) is 0 Å². The summed E-state index contributed by atoms with van der Waals surface area (Å²) in [5.41, 5.74) is 3.34. The molecule has 29 heavy (non-hydrogen) atoms. The molecule has 0 N–H and O–H groups in total. The molecule has 0 saturated heterocycles. The first-order valence-electron chi connectivity index (χ1n) is 9.38. The summed E-state index contributed by atoms with van der Waals surface area (Å²) in [5, 5.41) is 5.34. The molecule has 6 nitrogen and oxygen atoms in total. The van der Waals surface area contributed by atoms with Crippen molar-refractivity contribution in [2.24, 2.45) is 0 Å². The Kier molecular flexibility index (Phi) is 5.24. The highest BCUT2D eigenvalue weighted by Gasteiger charge is 2.15. The number of amides is 1. The summed E-state index contributed by atoms with van der Waals surface area (Å²) in [6.45, 7) is 1.17. The number of methoxy groups -OCH3 is 1. The Hall–Kier alpha value is -3.67. The van der Waals surface area contributed by atoms with Crippen LogP contribution in [-0.4, -0.2) is 39.7 Å². The van der Waals surface area contributed by atoms with Crippen molar-refractivity contribution in [3.63, 3.8) is 0 Å². The van der Waals surface area contributed by atoms with Crippen LogP contribution < -0.4 is 4.74 Å². The highest BCUT2D eigenvalue weighted by molar-refractivity contribution is 5.94. The summed E-state index contributed by atoms with van der Waals surface area (Å²) in [6.07, 6.45) is 3.77. The average molecular weight is 386 g/mol. The summed E-state index contributed by atoms with van der Waals surface area (Å²) in [7, 11) is 3.40. The maximum Gasteiger partial charge on any atom is 0.272 e. The van der Waals surface area contributed by atoms with Crippen molar-refractivity contribution in [1.29, 1.82) is 0 Å². The van der Waals surface area contributed by atoms with Crippen LogP contribution in [0.1, 0.15) is 21.6 Å². The van der Waals surface area contributed by atoms with Crippen LogP contribution in [0, 0.1) is 0 Å². The standard InChI is InChI=1S/C23H22N4O2/c1-26(14-18-13-24-27(16-18)15-17-6-4-3-5-7-17)23(28)22-10-8-19-12-20(29-2)9-11-21(19)25-22/h3-13,16H,14-15H2,1-2H3. The molecule has 0 unspecified atom stereocenters. The van der Waals surface area contributed by atoms with Crippen molar-refractivity contribution >= 4 is 16.8 Å². The second-order valence-corrected chi connectivity index (χ2v) is 6.95. The second kappa shape index (κ2) is 8.14. The van der Waals surface area contributed by atoms with E-state index in [-0.39, 0.29) is 5.91 Å². The number of ether oxygens (including phenoxy) is 1. The van der Waals surface area contributed by atoms with Gasteiger partial charge in [-0.25, -0.2) is 4.98 Å². The number of hydrogen-bond donors (Lipinski definition) is 0. The molecule has 2 heterocycles. The van der Waals surface area contributed by atoms with E-state index in [0.717, 1.165) is 22.2 Å². The Bertz CT molecular complexity index is 1140. The van der Waals surface area contributed by atoms with Gasteiger partial charge in [0.1, 0.15) is 11.4 Å². The van der Waals surface area contributed by atoms with E-state index in [2.05, 4.69) is 22.2 Å². The Morgan fingerprint density at radius 1 is 1.07 bits per heavy atom. The largest absolute Gasteiger partial charge is 0.497 e. The first kappa shape index (κ1) is 18.7. The van der Waals surface area contributed by atoms with Gasteiger partial charge in [-0.1, -0.05) is 36.4 Å². The summed E-state index contributed by atoms with van der Waals surface area (Å²) >= 11 is 0. The number of aromatic nitrogens is 3. The van der Waals surface area contributed by atoms with Crippen molar-refractivity contribution in [3.05, 3.63) is 89.9 Å². The van der Waals surface area contributed by atoms with E-state index in [1.807, 2.05) is 53.3 Å². The number of nitrogens with zero attached hydrogens (tertiary/aromatic N) is 4. The minimum atomic E-state index is -0.126. The maximum absolute atomic E-state index is 12.8. The van der Waals surface area contributed by atoms with Crippen molar-refractivity contribution in [2.75, 3.05) is 14.2 Å². The maximum atomic E-state index is 12.8. The lowest BCUT2D eigenvalue weighted by Crippen LogP contribution is -2.26. The van der Waals surface area contributed by atoms with Gasteiger partial charge in [0.05, 0.1) is 25.4 Å². The highest BCUT2D eigenvalue weighted by Crippen LogP contribution is 2.20. The van der Waals surface area contributed by atoms with Gasteiger partial charge in [-0.2, -0.15) is 5.10 Å². The van der Waals surface area contributed by atoms with Crippen LogP contribution in [0.2, 0.25) is 0 Å². The van der Waals surface area contributed by atoms with Gasteiger partial charge in [-0.05, 0) is 29.8 Å². The molecule has 0 aliphatic heterocycles. The Morgan fingerprint density at radius 2 is 1.90 bits per heavy atom. The molecule has 0 aliphatic rings. The summed E-state index contributed by atoms with van der Waals surface area (Å²) in [5.74, 6) is 0.640. The number of carbonyl (C=O) groups is 1. The fourth-order valence-corrected chi connectivity index (χ4v) is 3.24. The molecular formula is C23H22N4O2. The number of benzene rings is 2. The zero-order valence-corrected chi connectivity index (χ0v) is 16.4. The molecule has 4 aromatic rings. The van der Waals surface area contributed by atoms with Crippen molar-refractivity contribution < 1.29 is 9.53 Å². The van der Waals surface area contributed by atoms with Gasteiger partial charge in [0.25, 0.3) is 5.91 Å². The van der Waals surface area contributed by atoms with Gasteiger partial charge in [-0.3, -0.25) is 9.48 Å². The van der Waals surface area contributed by atoms with Crippen LogP contribution in [0.4, 0.5) is 0 Å². The number of pyridine rings is 1. The predicted octanol–water partition coefficient (Wildman–Crippen LogP) is 3.76. The van der Waals surface area contributed by atoms with Crippen LogP contribution in [0.3, 0.4) is 0 Å². The molecule has 0 bridgehead atoms. The molecule has 0 atom stereocenters. The van der Waals surface area contributed by atoms with Gasteiger partial charge < -0.3 is 9.64 Å². The van der Waals surface area contributed by atoms with E-state index in [1.165, 1.54) is 5.56 Å². The smallest absolute Gasteiger partial charge is 0.272 e. The Balaban J connectivity index is 1.45. The lowest BCUT2D eigenvalue weighted by Gasteiger charge is -2.16. The predicted molar refractivity (Wildman–Crippen MR) is 112 cm³/mol. The molecule has 6 heteroatoms. The highest BCUT2D eigenvalue weighted by atomic mass is 16.5. The van der Waals surface area contributed by atoms with Gasteiger partial charge in [0, 0.05) is 30.7 Å². The van der Waals surface area contributed by atoms with Gasteiger partial charge in [-0.15, -0.1) is 0 Å². The zero-order chi connectivity index (χ0) is 20.2. The van der Waals surface area contributed by atoms with Crippen molar-refractivity contribution in [3.8, 4) is 5.75 Å². The molecule has 0 aliphatic carbocycles. The third-order valence-corrected chi connectivity index (χ3v) is 4.76. The molecule has 2 aromatic carbocycles. The van der Waals surface area contributed by atoms with Crippen molar-refractivity contribution in [1.82, 2.24) is 19.7 Å². The topological polar surface area (TPSA) is 60.2 Å². The molecule has 1 amide bonds. The second-order valence-electron chi connectivity index (χ2n) is 6.95. The Labute approximate surface area is 169 Å². The minimum Gasteiger partial charge on any atom is -0.497 e. The van der Waals surface area contributed by atoms with Crippen LogP contribution in [0.5, 0.6) is 5.75 Å². The van der Waals surface area contributed by atoms with Gasteiger partial charge >= 0.3 is 0 Å². The van der Waals surface area contributed by atoms with E-state index in [9.17, 15) is 4.79 Å². The van der Waals surface area contributed by atoms with E-state index < -0.39 is 0 Å². The van der Waals surface area contributed by atoms with E-state index in [4.69, 9.17) is 4.74 Å². The van der Waals surface area contributed by atoms with E-state index >= 15 is 0 Å². The quantitative estimate of drug-likeness (QED) is 0.506. The molecule has 0 spiro atoms. The molecule has 2 aromatic heterocycles. The SMILES string of the molecule is COc1ccc2nc(C(=O)N(C)Cc3cnn(Cc4ccccc4)c3)ccc2c1. The summed E-state index contributed by atoms with van der Waals surface area (Å²) in [4.78, 5) is 19.0. The number of carbonyl (C=O) groups excluding carboxylic acids is 1. The number of fused-ring (bicyclic) bond motifs is 1. The molecular weight excluding hydrogens is 364 g/mol. The normalized spacial score (nSPS) is 10.8.